The number of likely N-dealkylation sites (N-methyl/N-ethyl adjacent to an activating group) is 1. The zero-order chi connectivity index (χ0) is 22.1. The Bertz CT molecular complexity index is 1250. The number of hydrogen-bond acceptors (Lipinski definition) is 8. The van der Waals surface area contributed by atoms with E-state index < -0.39 is 6.10 Å². The number of nitrogens with one attached hydrogen (secondary N) is 1. The maximum atomic E-state index is 12.2. The van der Waals surface area contributed by atoms with E-state index in [-0.39, 0.29) is 5.91 Å². The predicted octanol–water partition coefficient (Wildman–Crippen LogP) is 3.21. The van der Waals surface area contributed by atoms with Gasteiger partial charge in [0.1, 0.15) is 22.8 Å². The molecule has 2 aromatic heterocycles. The fourth-order valence-electron chi connectivity index (χ4n) is 3.75. The van der Waals surface area contributed by atoms with Crippen LogP contribution in [0.3, 0.4) is 0 Å². The molecule has 0 bridgehead atoms. The van der Waals surface area contributed by atoms with Crippen molar-refractivity contribution >= 4 is 11.6 Å². The molecule has 0 aliphatic carbocycles. The van der Waals surface area contributed by atoms with Crippen LogP contribution in [0.2, 0.25) is 0 Å². The zero-order valence-electron chi connectivity index (χ0n) is 17.6. The number of carbonyl (C=O) groups excluding carboxylic acids is 1. The second-order valence-corrected chi connectivity index (χ2v) is 7.40. The van der Waals surface area contributed by atoms with Crippen molar-refractivity contribution in [3.63, 3.8) is 0 Å². The number of hydrogen-bond donors (Lipinski definition) is 1. The number of amides is 1. The Morgan fingerprint density at radius 3 is 2.72 bits per heavy atom. The van der Waals surface area contributed by atoms with E-state index in [4.69, 9.17) is 13.7 Å². The minimum atomic E-state index is -0.637. The Labute approximate surface area is 184 Å². The Morgan fingerprint density at radius 2 is 1.91 bits per heavy atom. The monoisotopic (exact) mass is 431 g/mol. The van der Waals surface area contributed by atoms with Gasteiger partial charge in [-0.3, -0.25) is 4.79 Å². The van der Waals surface area contributed by atoms with E-state index in [2.05, 4.69) is 20.7 Å². The van der Waals surface area contributed by atoms with E-state index in [0.717, 1.165) is 11.3 Å². The molecule has 1 unspecified atom stereocenters. The third-order valence-corrected chi connectivity index (χ3v) is 5.32. The molecular weight excluding hydrogens is 410 g/mol. The SMILES string of the molecule is CNC(=O)C1CN(Cc2nnc(-c3c(-c4ccccc4)noc3C)o2)c2ccccc2O1. The molecule has 2 aromatic carbocycles. The average molecular weight is 431 g/mol. The van der Waals surface area contributed by atoms with Gasteiger partial charge in [0, 0.05) is 12.6 Å². The van der Waals surface area contributed by atoms with Gasteiger partial charge >= 0.3 is 0 Å². The lowest BCUT2D eigenvalue weighted by Gasteiger charge is -2.34. The van der Waals surface area contributed by atoms with Gasteiger partial charge in [-0.1, -0.05) is 47.6 Å². The van der Waals surface area contributed by atoms with Gasteiger partial charge in [0.25, 0.3) is 11.8 Å². The molecule has 1 amide bonds. The summed E-state index contributed by atoms with van der Waals surface area (Å²) >= 11 is 0. The first-order valence-corrected chi connectivity index (χ1v) is 10.2. The Balaban J connectivity index is 1.44. The van der Waals surface area contributed by atoms with E-state index in [1.165, 1.54) is 0 Å². The number of aromatic nitrogens is 3. The van der Waals surface area contributed by atoms with Gasteiger partial charge < -0.3 is 23.9 Å². The molecule has 0 saturated heterocycles. The first kappa shape index (κ1) is 19.8. The van der Waals surface area contributed by atoms with Crippen molar-refractivity contribution in [2.45, 2.75) is 19.6 Å². The lowest BCUT2D eigenvalue weighted by molar-refractivity contribution is -0.127. The lowest BCUT2D eigenvalue weighted by Crippen LogP contribution is -2.48. The van der Waals surface area contributed by atoms with Gasteiger partial charge in [0.15, 0.2) is 6.10 Å². The molecule has 5 rings (SSSR count). The second-order valence-electron chi connectivity index (χ2n) is 7.40. The van der Waals surface area contributed by atoms with E-state index in [1.54, 1.807) is 7.05 Å². The Hall–Kier alpha value is -4.14. The van der Waals surface area contributed by atoms with Crippen molar-refractivity contribution in [3.8, 4) is 28.5 Å². The molecule has 9 nitrogen and oxygen atoms in total. The highest BCUT2D eigenvalue weighted by Gasteiger charge is 2.31. The first-order valence-electron chi connectivity index (χ1n) is 10.2. The number of anilines is 1. The van der Waals surface area contributed by atoms with E-state index in [0.29, 0.717) is 47.6 Å². The number of aryl methyl sites for hydroxylation is 1. The molecular formula is C23H21N5O4. The largest absolute Gasteiger partial charge is 0.477 e. The van der Waals surface area contributed by atoms with Crippen LogP contribution in [-0.4, -0.2) is 41.0 Å². The van der Waals surface area contributed by atoms with Crippen molar-refractivity contribution in [2.24, 2.45) is 0 Å². The number of benzene rings is 2. The van der Waals surface area contributed by atoms with Crippen LogP contribution in [0.25, 0.3) is 22.7 Å². The molecule has 32 heavy (non-hydrogen) atoms. The number of fused-ring (bicyclic) bond motifs is 1. The molecule has 1 aliphatic heterocycles. The van der Waals surface area contributed by atoms with Crippen LogP contribution in [0.1, 0.15) is 11.7 Å². The molecule has 4 aromatic rings. The van der Waals surface area contributed by atoms with Crippen LogP contribution in [0.4, 0.5) is 5.69 Å². The van der Waals surface area contributed by atoms with E-state index >= 15 is 0 Å². The molecule has 9 heteroatoms. The minimum Gasteiger partial charge on any atom is -0.477 e. The molecule has 0 fully saturated rings. The maximum absolute atomic E-state index is 12.2. The number of para-hydroxylation sites is 2. The van der Waals surface area contributed by atoms with Gasteiger partial charge in [-0.2, -0.15) is 0 Å². The summed E-state index contributed by atoms with van der Waals surface area (Å²) in [5.74, 6) is 1.78. The minimum absolute atomic E-state index is 0.191. The van der Waals surface area contributed by atoms with Gasteiger partial charge in [0.05, 0.1) is 18.8 Å². The molecule has 0 spiro atoms. The first-order chi connectivity index (χ1) is 15.6. The Kier molecular flexibility index (Phi) is 5.06. The smallest absolute Gasteiger partial charge is 0.262 e. The number of ether oxygens (including phenoxy) is 1. The summed E-state index contributed by atoms with van der Waals surface area (Å²) in [4.78, 5) is 14.2. The van der Waals surface area contributed by atoms with E-state index in [9.17, 15) is 4.79 Å². The highest BCUT2D eigenvalue weighted by atomic mass is 16.5. The van der Waals surface area contributed by atoms with Crippen molar-refractivity contribution < 1.29 is 18.5 Å². The topological polar surface area (TPSA) is 107 Å². The zero-order valence-corrected chi connectivity index (χ0v) is 17.6. The van der Waals surface area contributed by atoms with Crippen molar-refractivity contribution in [1.29, 1.82) is 0 Å². The van der Waals surface area contributed by atoms with Crippen molar-refractivity contribution in [2.75, 3.05) is 18.5 Å². The maximum Gasteiger partial charge on any atom is 0.262 e. The number of rotatable bonds is 5. The van der Waals surface area contributed by atoms with Crippen LogP contribution in [0.5, 0.6) is 5.75 Å². The highest BCUT2D eigenvalue weighted by molar-refractivity contribution is 5.83. The molecule has 1 N–H and O–H groups in total. The van der Waals surface area contributed by atoms with Crippen molar-refractivity contribution in [3.05, 3.63) is 66.2 Å². The van der Waals surface area contributed by atoms with Gasteiger partial charge in [-0.25, -0.2) is 0 Å². The lowest BCUT2D eigenvalue weighted by atomic mass is 10.1. The second kappa shape index (κ2) is 8.18. The quantitative estimate of drug-likeness (QED) is 0.513. The Morgan fingerprint density at radius 1 is 1.12 bits per heavy atom. The summed E-state index contributed by atoms with van der Waals surface area (Å²) in [6.45, 7) is 2.49. The van der Waals surface area contributed by atoms with Gasteiger partial charge in [-0.15, -0.1) is 10.2 Å². The predicted molar refractivity (Wildman–Crippen MR) is 116 cm³/mol. The summed E-state index contributed by atoms with van der Waals surface area (Å²) in [7, 11) is 1.59. The third kappa shape index (κ3) is 3.58. The molecule has 1 atom stereocenters. The molecule has 3 heterocycles. The molecule has 0 saturated carbocycles. The standard InChI is InChI=1S/C23H21N5O4/c1-14-20(21(27-32-14)15-8-4-3-5-9-15)23-26-25-19(31-23)13-28-12-18(22(29)24-2)30-17-11-7-6-10-16(17)28/h3-11,18H,12-13H2,1-2H3,(H,24,29). The van der Waals surface area contributed by atoms with Crippen LogP contribution < -0.4 is 15.0 Å². The van der Waals surface area contributed by atoms with Gasteiger partial charge in [0.2, 0.25) is 5.89 Å². The molecule has 1 aliphatic rings. The summed E-state index contributed by atoms with van der Waals surface area (Å²) in [6, 6.07) is 17.3. The van der Waals surface area contributed by atoms with E-state index in [1.807, 2.05) is 66.4 Å². The average Bonchev–Trinajstić information content (AvgIpc) is 3.45. The molecule has 162 valence electrons. The molecule has 0 radical (unpaired) electrons. The summed E-state index contributed by atoms with van der Waals surface area (Å²) in [5, 5.41) is 15.3. The van der Waals surface area contributed by atoms with Crippen LogP contribution in [0, 0.1) is 6.92 Å². The summed E-state index contributed by atoms with van der Waals surface area (Å²) < 4.78 is 17.3. The number of nitrogens with zero attached hydrogens (tertiary/aromatic N) is 4. The van der Waals surface area contributed by atoms with Gasteiger partial charge in [-0.05, 0) is 19.1 Å². The normalized spacial score (nSPS) is 15.2. The highest BCUT2D eigenvalue weighted by Crippen LogP contribution is 2.36. The summed E-state index contributed by atoms with van der Waals surface area (Å²) in [6.07, 6.45) is -0.637. The van der Waals surface area contributed by atoms with Crippen LogP contribution >= 0.6 is 0 Å². The van der Waals surface area contributed by atoms with Crippen molar-refractivity contribution in [1.82, 2.24) is 20.7 Å². The summed E-state index contributed by atoms with van der Waals surface area (Å²) in [5.41, 5.74) is 3.07. The number of carbonyl (C=O) groups is 1. The fraction of sp³-hybridized carbons (Fsp3) is 0.217. The van der Waals surface area contributed by atoms with Crippen LogP contribution in [0.15, 0.2) is 63.5 Å². The fourth-order valence-corrected chi connectivity index (χ4v) is 3.75. The van der Waals surface area contributed by atoms with Crippen LogP contribution in [-0.2, 0) is 11.3 Å². The third-order valence-electron chi connectivity index (χ3n) is 5.32.